The lowest BCUT2D eigenvalue weighted by atomic mass is 9.46. The number of allylic oxidation sites excluding steroid dienone is 2. The van der Waals surface area contributed by atoms with E-state index in [1.54, 1.807) is 6.92 Å². The van der Waals surface area contributed by atoms with Crippen molar-refractivity contribution in [1.82, 2.24) is 0 Å². The molecule has 6 atom stereocenters. The monoisotopic (exact) mass is 314 g/mol. The van der Waals surface area contributed by atoms with Crippen molar-refractivity contribution in [1.29, 1.82) is 0 Å². The van der Waals surface area contributed by atoms with Crippen LogP contribution in [0.5, 0.6) is 0 Å². The number of carbonyl (C=O) groups is 2. The molecule has 3 saturated carbocycles. The van der Waals surface area contributed by atoms with Crippen LogP contribution in [0.25, 0.3) is 0 Å². The summed E-state index contributed by atoms with van der Waals surface area (Å²) in [4.78, 5) is 25.0. The number of Topliss-reactive ketones (excluding diaryl/α,β-unsaturated/α-hetero) is 2. The van der Waals surface area contributed by atoms with E-state index in [9.17, 15) is 9.59 Å². The molecule has 0 bridgehead atoms. The van der Waals surface area contributed by atoms with Crippen LogP contribution in [0, 0.1) is 34.5 Å². The van der Waals surface area contributed by atoms with Crippen LogP contribution in [-0.4, -0.2) is 11.6 Å². The van der Waals surface area contributed by atoms with Crippen LogP contribution in [-0.2, 0) is 9.59 Å². The summed E-state index contributed by atoms with van der Waals surface area (Å²) in [6.45, 7) is 6.50. The van der Waals surface area contributed by atoms with Crippen LogP contribution < -0.4 is 0 Å². The molecule has 0 aliphatic heterocycles. The largest absolute Gasteiger partial charge is 0.300 e. The summed E-state index contributed by atoms with van der Waals surface area (Å²) in [5.41, 5.74) is 1.43. The summed E-state index contributed by atoms with van der Waals surface area (Å²) < 4.78 is 0. The fraction of sp³-hybridized carbons (Fsp3) is 0.810. The lowest BCUT2D eigenvalue weighted by Gasteiger charge is -2.57. The van der Waals surface area contributed by atoms with Crippen molar-refractivity contribution in [3.05, 3.63) is 11.6 Å². The highest BCUT2D eigenvalue weighted by Gasteiger charge is 2.60. The predicted molar refractivity (Wildman–Crippen MR) is 90.9 cm³/mol. The van der Waals surface area contributed by atoms with Crippen LogP contribution in [0.2, 0.25) is 0 Å². The molecule has 0 unspecified atom stereocenters. The molecule has 0 radical (unpaired) electrons. The molecular formula is C21H30O2. The number of hydrogen-bond acceptors (Lipinski definition) is 2. The van der Waals surface area contributed by atoms with Crippen molar-refractivity contribution in [2.24, 2.45) is 34.5 Å². The van der Waals surface area contributed by atoms with Crippen molar-refractivity contribution in [3.8, 4) is 0 Å². The van der Waals surface area contributed by atoms with E-state index in [1.165, 1.54) is 25.7 Å². The zero-order chi connectivity index (χ0) is 16.4. The van der Waals surface area contributed by atoms with Gasteiger partial charge in [0.2, 0.25) is 0 Å². The van der Waals surface area contributed by atoms with Gasteiger partial charge in [-0.25, -0.2) is 0 Å². The normalized spacial score (nSPS) is 49.0. The predicted octanol–water partition coefficient (Wildman–Crippen LogP) is 4.72. The van der Waals surface area contributed by atoms with Gasteiger partial charge in [0.15, 0.2) is 5.78 Å². The maximum absolute atomic E-state index is 12.9. The van der Waals surface area contributed by atoms with Gasteiger partial charge in [-0.2, -0.15) is 0 Å². The van der Waals surface area contributed by atoms with Gasteiger partial charge in [0.25, 0.3) is 0 Å². The molecule has 4 rings (SSSR count). The molecule has 0 spiro atoms. The fourth-order valence-electron chi connectivity index (χ4n) is 7.26. The summed E-state index contributed by atoms with van der Waals surface area (Å²) in [6, 6.07) is 0. The third-order valence-corrected chi connectivity index (χ3v) is 8.33. The van der Waals surface area contributed by atoms with E-state index in [-0.39, 0.29) is 16.7 Å². The summed E-state index contributed by atoms with van der Waals surface area (Å²) in [5.74, 6) is 2.80. The first kappa shape index (κ1) is 15.6. The van der Waals surface area contributed by atoms with E-state index in [1.807, 2.05) is 0 Å². The standard InChI is InChI=1S/C21H30O2/c1-13(22)15-7-8-16-14-12-19(23)18-6-4-5-10-20(18,2)17(14)9-11-21(15,16)3/h6,14-17H,4-5,7-12H2,1-3H3/t14-,15+,16-,17-,20+,21+/m0/s1. The van der Waals surface area contributed by atoms with E-state index in [0.717, 1.165) is 31.3 Å². The van der Waals surface area contributed by atoms with Gasteiger partial charge in [-0.05, 0) is 86.0 Å². The summed E-state index contributed by atoms with van der Waals surface area (Å²) in [5, 5.41) is 0. The number of fused-ring (bicyclic) bond motifs is 5. The van der Waals surface area contributed by atoms with Gasteiger partial charge in [0.1, 0.15) is 5.78 Å². The van der Waals surface area contributed by atoms with Crippen LogP contribution in [0.4, 0.5) is 0 Å². The molecule has 2 heteroatoms. The van der Waals surface area contributed by atoms with Gasteiger partial charge in [-0.15, -0.1) is 0 Å². The van der Waals surface area contributed by atoms with Crippen molar-refractivity contribution in [2.75, 3.05) is 0 Å². The molecule has 126 valence electrons. The summed E-state index contributed by atoms with van der Waals surface area (Å²) in [6.07, 6.45) is 11.1. The van der Waals surface area contributed by atoms with Crippen molar-refractivity contribution < 1.29 is 9.59 Å². The topological polar surface area (TPSA) is 34.1 Å². The Labute approximate surface area is 140 Å². The maximum atomic E-state index is 12.9. The lowest BCUT2D eigenvalue weighted by molar-refractivity contribution is -0.132. The molecule has 23 heavy (non-hydrogen) atoms. The highest BCUT2D eigenvalue weighted by atomic mass is 16.1. The number of ketones is 2. The highest BCUT2D eigenvalue weighted by molar-refractivity contribution is 5.98. The first-order chi connectivity index (χ1) is 10.9. The fourth-order valence-corrected chi connectivity index (χ4v) is 7.26. The van der Waals surface area contributed by atoms with Crippen LogP contribution in [0.3, 0.4) is 0 Å². The Hall–Kier alpha value is -0.920. The first-order valence-electron chi connectivity index (χ1n) is 9.62. The van der Waals surface area contributed by atoms with Crippen molar-refractivity contribution >= 4 is 11.6 Å². The molecular weight excluding hydrogens is 284 g/mol. The Kier molecular flexibility index (Phi) is 3.42. The van der Waals surface area contributed by atoms with Gasteiger partial charge in [-0.3, -0.25) is 9.59 Å². The SMILES string of the molecule is CC(=O)[C@H]1CC[C@H]2[C@@H]3CC(=O)C4=CCCC[C@]4(C)[C@H]3CC[C@]12C. The second-order valence-electron chi connectivity index (χ2n) is 9.22. The van der Waals surface area contributed by atoms with E-state index in [0.29, 0.717) is 29.3 Å². The molecule has 4 aliphatic rings. The average Bonchev–Trinajstić information content (AvgIpc) is 2.85. The van der Waals surface area contributed by atoms with Crippen LogP contribution in [0.15, 0.2) is 11.6 Å². The molecule has 4 aliphatic carbocycles. The van der Waals surface area contributed by atoms with Crippen LogP contribution in [0.1, 0.15) is 72.1 Å². The molecule has 0 heterocycles. The summed E-state index contributed by atoms with van der Waals surface area (Å²) in [7, 11) is 0. The molecule has 2 nitrogen and oxygen atoms in total. The Morgan fingerprint density at radius 1 is 1.13 bits per heavy atom. The molecule has 0 N–H and O–H groups in total. The van der Waals surface area contributed by atoms with E-state index in [2.05, 4.69) is 19.9 Å². The molecule has 0 aromatic heterocycles. The quantitative estimate of drug-likeness (QED) is 0.701. The zero-order valence-corrected chi connectivity index (χ0v) is 14.9. The summed E-state index contributed by atoms with van der Waals surface area (Å²) >= 11 is 0. The van der Waals surface area contributed by atoms with E-state index in [4.69, 9.17) is 0 Å². The highest BCUT2D eigenvalue weighted by Crippen LogP contribution is 2.66. The van der Waals surface area contributed by atoms with Gasteiger partial charge in [0.05, 0.1) is 0 Å². The maximum Gasteiger partial charge on any atom is 0.159 e. The molecule has 0 saturated heterocycles. The number of rotatable bonds is 1. The Morgan fingerprint density at radius 3 is 2.65 bits per heavy atom. The van der Waals surface area contributed by atoms with Gasteiger partial charge < -0.3 is 0 Å². The Morgan fingerprint density at radius 2 is 1.91 bits per heavy atom. The zero-order valence-electron chi connectivity index (χ0n) is 14.9. The first-order valence-corrected chi connectivity index (χ1v) is 9.62. The van der Waals surface area contributed by atoms with Gasteiger partial charge in [-0.1, -0.05) is 19.9 Å². The number of carbonyl (C=O) groups excluding carboxylic acids is 2. The second-order valence-corrected chi connectivity index (χ2v) is 9.22. The van der Waals surface area contributed by atoms with E-state index >= 15 is 0 Å². The smallest absolute Gasteiger partial charge is 0.159 e. The van der Waals surface area contributed by atoms with Gasteiger partial charge >= 0.3 is 0 Å². The van der Waals surface area contributed by atoms with Crippen molar-refractivity contribution in [3.63, 3.8) is 0 Å². The molecule has 0 aromatic carbocycles. The minimum absolute atomic E-state index is 0.119. The molecule has 0 amide bonds. The van der Waals surface area contributed by atoms with Gasteiger partial charge in [0, 0.05) is 12.3 Å². The van der Waals surface area contributed by atoms with Crippen LogP contribution >= 0.6 is 0 Å². The van der Waals surface area contributed by atoms with E-state index < -0.39 is 0 Å². The molecule has 3 fully saturated rings. The minimum Gasteiger partial charge on any atom is -0.300 e. The second kappa shape index (κ2) is 5.04. The third-order valence-electron chi connectivity index (χ3n) is 8.33. The number of hydrogen-bond donors (Lipinski definition) is 0. The minimum atomic E-state index is 0.119. The Bertz CT molecular complexity index is 589. The molecule has 0 aromatic rings. The average molecular weight is 314 g/mol. The lowest BCUT2D eigenvalue weighted by Crippen LogP contribution is -2.52. The Balaban J connectivity index is 1.71. The van der Waals surface area contributed by atoms with Crippen molar-refractivity contribution in [2.45, 2.75) is 72.1 Å². The third kappa shape index (κ3) is 1.99.